The number of hydrogen-bond acceptors (Lipinski definition) is 7. The molecule has 0 fully saturated rings. The minimum absolute atomic E-state index is 0.0600. The standard InChI is InChI=1S/C18H15Br2N3O7/c1-10-4-13(19)18(14(20)5-10)30-8-16(24)22-21-7-11-6-12(23(27)28)2-3-15(11)29-9-17(25)26/h2-7H,8-9H2,1H3,(H,22,24)(H,25,26)/b21-7+. The first-order valence-corrected chi connectivity index (χ1v) is 9.79. The van der Waals surface area contributed by atoms with Gasteiger partial charge in [-0.1, -0.05) is 0 Å². The second-order valence-electron chi connectivity index (χ2n) is 5.80. The van der Waals surface area contributed by atoms with E-state index in [2.05, 4.69) is 42.4 Å². The molecule has 0 bridgehead atoms. The van der Waals surface area contributed by atoms with Gasteiger partial charge in [0.15, 0.2) is 13.2 Å². The van der Waals surface area contributed by atoms with Crippen molar-refractivity contribution >= 4 is 55.6 Å². The minimum Gasteiger partial charge on any atom is -0.481 e. The van der Waals surface area contributed by atoms with E-state index in [1.807, 2.05) is 19.1 Å². The first-order chi connectivity index (χ1) is 14.2. The fourth-order valence-electron chi connectivity index (χ4n) is 2.19. The smallest absolute Gasteiger partial charge is 0.341 e. The molecule has 2 aromatic carbocycles. The zero-order valence-electron chi connectivity index (χ0n) is 15.4. The van der Waals surface area contributed by atoms with E-state index in [1.165, 1.54) is 6.07 Å². The lowest BCUT2D eigenvalue weighted by atomic mass is 10.2. The average molecular weight is 545 g/mol. The van der Waals surface area contributed by atoms with Crippen molar-refractivity contribution in [3.05, 3.63) is 60.5 Å². The number of amides is 1. The lowest BCUT2D eigenvalue weighted by molar-refractivity contribution is -0.384. The van der Waals surface area contributed by atoms with Crippen molar-refractivity contribution < 1.29 is 29.1 Å². The summed E-state index contributed by atoms with van der Waals surface area (Å²) in [5, 5.41) is 23.4. The predicted molar refractivity (Wildman–Crippen MR) is 114 cm³/mol. The van der Waals surface area contributed by atoms with Crippen LogP contribution in [0.5, 0.6) is 11.5 Å². The summed E-state index contributed by atoms with van der Waals surface area (Å²) in [4.78, 5) is 33.0. The number of rotatable bonds is 9. The van der Waals surface area contributed by atoms with E-state index < -0.39 is 23.4 Å². The lowest BCUT2D eigenvalue weighted by Gasteiger charge is -2.10. The summed E-state index contributed by atoms with van der Waals surface area (Å²) in [7, 11) is 0. The molecule has 0 aliphatic carbocycles. The number of carboxylic acids is 1. The number of nitro benzene ring substituents is 1. The van der Waals surface area contributed by atoms with E-state index in [4.69, 9.17) is 14.6 Å². The number of hydrazone groups is 1. The van der Waals surface area contributed by atoms with Gasteiger partial charge in [-0.05, 0) is 62.5 Å². The Balaban J connectivity index is 2.04. The number of carbonyl (C=O) groups excluding carboxylic acids is 1. The van der Waals surface area contributed by atoms with E-state index in [1.54, 1.807) is 0 Å². The molecule has 0 radical (unpaired) electrons. The Labute approximate surface area is 187 Å². The summed E-state index contributed by atoms with van der Waals surface area (Å²) >= 11 is 6.71. The third kappa shape index (κ3) is 6.81. The molecule has 0 unspecified atom stereocenters. The van der Waals surface area contributed by atoms with Crippen molar-refractivity contribution in [2.24, 2.45) is 5.10 Å². The van der Waals surface area contributed by atoms with Crippen LogP contribution in [0.15, 0.2) is 44.4 Å². The molecule has 0 atom stereocenters. The first-order valence-electron chi connectivity index (χ1n) is 8.20. The van der Waals surface area contributed by atoms with Crippen LogP contribution in [-0.4, -0.2) is 41.3 Å². The highest BCUT2D eigenvalue weighted by atomic mass is 79.9. The molecule has 0 saturated carbocycles. The van der Waals surface area contributed by atoms with E-state index in [-0.39, 0.29) is 23.6 Å². The Morgan fingerprint density at radius 1 is 1.20 bits per heavy atom. The second-order valence-corrected chi connectivity index (χ2v) is 7.51. The molecular weight excluding hydrogens is 530 g/mol. The van der Waals surface area contributed by atoms with Gasteiger partial charge in [0.1, 0.15) is 11.5 Å². The summed E-state index contributed by atoms with van der Waals surface area (Å²) in [5.74, 6) is -1.29. The molecular formula is C18H15Br2N3O7. The van der Waals surface area contributed by atoms with Gasteiger partial charge in [-0.2, -0.15) is 5.10 Å². The Morgan fingerprint density at radius 3 is 2.47 bits per heavy atom. The highest BCUT2D eigenvalue weighted by molar-refractivity contribution is 9.11. The van der Waals surface area contributed by atoms with Crippen LogP contribution >= 0.6 is 31.9 Å². The number of ether oxygens (including phenoxy) is 2. The topological polar surface area (TPSA) is 140 Å². The van der Waals surface area contributed by atoms with E-state index >= 15 is 0 Å². The summed E-state index contributed by atoms with van der Waals surface area (Å²) in [6, 6.07) is 7.22. The van der Waals surface area contributed by atoms with Crippen molar-refractivity contribution in [1.82, 2.24) is 5.43 Å². The van der Waals surface area contributed by atoms with Crippen LogP contribution in [0.3, 0.4) is 0 Å². The van der Waals surface area contributed by atoms with E-state index in [0.717, 1.165) is 23.9 Å². The van der Waals surface area contributed by atoms with Crippen molar-refractivity contribution in [1.29, 1.82) is 0 Å². The van der Waals surface area contributed by atoms with Crippen LogP contribution in [0.25, 0.3) is 0 Å². The molecule has 0 heterocycles. The highest BCUT2D eigenvalue weighted by Gasteiger charge is 2.13. The molecule has 1 amide bonds. The van der Waals surface area contributed by atoms with Crippen LogP contribution in [0.1, 0.15) is 11.1 Å². The zero-order valence-corrected chi connectivity index (χ0v) is 18.6. The van der Waals surface area contributed by atoms with E-state index in [9.17, 15) is 19.7 Å². The molecule has 10 nitrogen and oxygen atoms in total. The van der Waals surface area contributed by atoms with Crippen LogP contribution < -0.4 is 14.9 Å². The number of aryl methyl sites for hydroxylation is 1. The molecule has 158 valence electrons. The maximum atomic E-state index is 12.0. The molecule has 0 spiro atoms. The highest BCUT2D eigenvalue weighted by Crippen LogP contribution is 2.34. The molecule has 0 aliphatic heterocycles. The molecule has 12 heteroatoms. The summed E-state index contributed by atoms with van der Waals surface area (Å²) in [5.41, 5.74) is 3.09. The SMILES string of the molecule is Cc1cc(Br)c(OCC(=O)N/N=C/c2cc([N+](=O)[O-])ccc2OCC(=O)O)c(Br)c1. The largest absolute Gasteiger partial charge is 0.481 e. The van der Waals surface area contributed by atoms with Gasteiger partial charge in [-0.3, -0.25) is 14.9 Å². The summed E-state index contributed by atoms with van der Waals surface area (Å²) in [6.45, 7) is 0.928. The molecule has 30 heavy (non-hydrogen) atoms. The lowest BCUT2D eigenvalue weighted by Crippen LogP contribution is -2.24. The van der Waals surface area contributed by atoms with Gasteiger partial charge in [0.25, 0.3) is 11.6 Å². The number of carboxylic acid groups (broad SMARTS) is 1. The molecule has 0 saturated heterocycles. The van der Waals surface area contributed by atoms with Crippen LogP contribution in [0.2, 0.25) is 0 Å². The normalized spacial score (nSPS) is 10.6. The number of aliphatic carboxylic acids is 1. The van der Waals surface area contributed by atoms with Crippen molar-refractivity contribution in [2.75, 3.05) is 13.2 Å². The number of halogens is 2. The zero-order chi connectivity index (χ0) is 22.3. The number of nitrogens with zero attached hydrogens (tertiary/aromatic N) is 2. The Morgan fingerprint density at radius 2 is 1.87 bits per heavy atom. The van der Waals surface area contributed by atoms with Crippen LogP contribution in [0, 0.1) is 17.0 Å². The monoisotopic (exact) mass is 543 g/mol. The third-order valence-corrected chi connectivity index (χ3v) is 4.62. The minimum atomic E-state index is -1.21. The maximum Gasteiger partial charge on any atom is 0.341 e. The summed E-state index contributed by atoms with van der Waals surface area (Å²) in [6.07, 6.45) is 1.11. The van der Waals surface area contributed by atoms with Gasteiger partial charge >= 0.3 is 5.97 Å². The molecule has 0 aliphatic rings. The number of nitro groups is 1. The predicted octanol–water partition coefficient (Wildman–Crippen LogP) is 3.42. The molecule has 2 aromatic rings. The Bertz CT molecular complexity index is 988. The van der Waals surface area contributed by atoms with Gasteiger partial charge in [-0.25, -0.2) is 10.2 Å². The van der Waals surface area contributed by atoms with Gasteiger partial charge in [0.05, 0.1) is 20.1 Å². The van der Waals surface area contributed by atoms with Gasteiger partial charge in [-0.15, -0.1) is 0 Å². The Kier molecular flexibility index (Phi) is 8.30. The number of nitrogens with one attached hydrogen (secondary N) is 1. The van der Waals surface area contributed by atoms with Crippen LogP contribution in [0.4, 0.5) is 5.69 Å². The third-order valence-electron chi connectivity index (χ3n) is 3.44. The first kappa shape index (κ1) is 23.3. The van der Waals surface area contributed by atoms with Gasteiger partial charge < -0.3 is 14.6 Å². The maximum absolute atomic E-state index is 12.0. The Hall–Kier alpha value is -2.99. The van der Waals surface area contributed by atoms with Crippen molar-refractivity contribution in [3.63, 3.8) is 0 Å². The molecule has 2 rings (SSSR count). The average Bonchev–Trinajstić information content (AvgIpc) is 2.65. The van der Waals surface area contributed by atoms with Gasteiger partial charge in [0, 0.05) is 17.7 Å². The molecule has 2 N–H and O–H groups in total. The van der Waals surface area contributed by atoms with Gasteiger partial charge in [0.2, 0.25) is 0 Å². The quantitative estimate of drug-likeness (QED) is 0.280. The fourth-order valence-corrected chi connectivity index (χ4v) is 3.83. The number of carbonyl (C=O) groups is 2. The number of benzene rings is 2. The fraction of sp³-hybridized carbons (Fsp3) is 0.167. The van der Waals surface area contributed by atoms with Crippen LogP contribution in [-0.2, 0) is 9.59 Å². The molecule has 0 aromatic heterocycles. The summed E-state index contributed by atoms with van der Waals surface area (Å²) < 4.78 is 11.9. The van der Waals surface area contributed by atoms with E-state index in [0.29, 0.717) is 14.7 Å². The van der Waals surface area contributed by atoms with Crippen molar-refractivity contribution in [3.8, 4) is 11.5 Å². The second kappa shape index (κ2) is 10.7. The van der Waals surface area contributed by atoms with Crippen molar-refractivity contribution in [2.45, 2.75) is 6.92 Å². The number of non-ortho nitro benzene ring substituents is 1. The number of hydrogen-bond donors (Lipinski definition) is 2.